The number of nitrogens with one attached hydrogen (secondary N) is 1. The van der Waals surface area contributed by atoms with Crippen LogP contribution >= 0.6 is 0 Å². The van der Waals surface area contributed by atoms with Gasteiger partial charge in [-0.15, -0.1) is 0 Å². The van der Waals surface area contributed by atoms with Crippen LogP contribution < -0.4 is 10.2 Å². The minimum absolute atomic E-state index is 0.0443. The molecule has 2 heterocycles. The lowest BCUT2D eigenvalue weighted by Crippen LogP contribution is -2.24. The van der Waals surface area contributed by atoms with E-state index in [1.54, 1.807) is 6.33 Å². The van der Waals surface area contributed by atoms with Crippen LogP contribution in [0.15, 0.2) is 48.8 Å². The van der Waals surface area contributed by atoms with Gasteiger partial charge in [-0.1, -0.05) is 12.1 Å². The number of benzene rings is 2. The molecule has 3 aromatic rings. The predicted octanol–water partition coefficient (Wildman–Crippen LogP) is 3.50. The van der Waals surface area contributed by atoms with Gasteiger partial charge in [-0.3, -0.25) is 9.59 Å². The molecule has 1 aromatic heterocycles. The summed E-state index contributed by atoms with van der Waals surface area (Å²) in [7, 11) is 0. The van der Waals surface area contributed by atoms with Crippen LogP contribution in [0, 0.1) is 6.92 Å². The number of anilines is 2. The summed E-state index contributed by atoms with van der Waals surface area (Å²) < 4.78 is 1.99. The Labute approximate surface area is 157 Å². The number of hydrogen-bond acceptors (Lipinski definition) is 3. The van der Waals surface area contributed by atoms with Crippen molar-refractivity contribution in [2.45, 2.75) is 32.7 Å². The number of amides is 2. The van der Waals surface area contributed by atoms with Crippen molar-refractivity contribution in [1.29, 1.82) is 0 Å². The summed E-state index contributed by atoms with van der Waals surface area (Å²) in [5, 5.41) is 2.95. The third-order valence-corrected chi connectivity index (χ3v) is 4.95. The van der Waals surface area contributed by atoms with Crippen molar-refractivity contribution in [1.82, 2.24) is 9.55 Å². The smallest absolute Gasteiger partial charge is 0.227 e. The highest BCUT2D eigenvalue weighted by molar-refractivity contribution is 5.97. The molecule has 6 heteroatoms. The summed E-state index contributed by atoms with van der Waals surface area (Å²) in [5.74, 6) is 0.125. The largest absolute Gasteiger partial charge is 0.330 e. The fourth-order valence-electron chi connectivity index (χ4n) is 3.57. The van der Waals surface area contributed by atoms with Gasteiger partial charge in [0, 0.05) is 37.3 Å². The van der Waals surface area contributed by atoms with Crippen LogP contribution in [0.5, 0.6) is 0 Å². The molecule has 1 N–H and O–H groups in total. The van der Waals surface area contributed by atoms with Gasteiger partial charge in [0.1, 0.15) is 0 Å². The molecule has 2 aromatic carbocycles. The maximum absolute atomic E-state index is 12.3. The maximum Gasteiger partial charge on any atom is 0.227 e. The van der Waals surface area contributed by atoms with Gasteiger partial charge < -0.3 is 14.8 Å². The molecule has 6 nitrogen and oxygen atoms in total. The molecule has 138 valence electrons. The second kappa shape index (κ2) is 7.23. The SMILES string of the molecule is Cc1cc(NC(=O)CCn2cnc3ccccc32)ccc1N1CCCC1=O. The zero-order valence-corrected chi connectivity index (χ0v) is 15.3. The predicted molar refractivity (Wildman–Crippen MR) is 106 cm³/mol. The molecule has 27 heavy (non-hydrogen) atoms. The normalized spacial score (nSPS) is 14.1. The molecule has 1 aliphatic rings. The standard InChI is InChI=1S/C21H22N4O2/c1-15-13-16(8-9-18(15)25-11-4-7-21(25)27)23-20(26)10-12-24-14-22-17-5-2-3-6-19(17)24/h2-3,5-6,8-9,13-14H,4,7,10-12H2,1H3,(H,23,26). The van der Waals surface area contributed by atoms with Gasteiger partial charge in [-0.25, -0.2) is 4.98 Å². The van der Waals surface area contributed by atoms with Gasteiger partial charge in [-0.2, -0.15) is 0 Å². The number of carbonyl (C=O) groups excluding carboxylic acids is 2. The number of rotatable bonds is 5. The van der Waals surface area contributed by atoms with E-state index in [9.17, 15) is 9.59 Å². The van der Waals surface area contributed by atoms with E-state index in [2.05, 4.69) is 10.3 Å². The van der Waals surface area contributed by atoms with Crippen LogP contribution in [0.2, 0.25) is 0 Å². The van der Waals surface area contributed by atoms with E-state index >= 15 is 0 Å². The Kier molecular flexibility index (Phi) is 4.62. The van der Waals surface area contributed by atoms with Crippen molar-refractivity contribution < 1.29 is 9.59 Å². The summed E-state index contributed by atoms with van der Waals surface area (Å²) in [6.07, 6.45) is 3.65. The number of para-hydroxylation sites is 2. The lowest BCUT2D eigenvalue weighted by atomic mass is 10.1. The van der Waals surface area contributed by atoms with Crippen LogP contribution in [-0.2, 0) is 16.1 Å². The van der Waals surface area contributed by atoms with Crippen molar-refractivity contribution in [2.75, 3.05) is 16.8 Å². The fourth-order valence-corrected chi connectivity index (χ4v) is 3.57. The van der Waals surface area contributed by atoms with E-state index in [4.69, 9.17) is 0 Å². The van der Waals surface area contributed by atoms with Crippen LogP contribution in [0.4, 0.5) is 11.4 Å². The minimum atomic E-state index is -0.0443. The summed E-state index contributed by atoms with van der Waals surface area (Å²) in [6.45, 7) is 3.31. The maximum atomic E-state index is 12.3. The average Bonchev–Trinajstić information content (AvgIpc) is 3.26. The number of fused-ring (bicyclic) bond motifs is 1. The Morgan fingerprint density at radius 3 is 2.85 bits per heavy atom. The van der Waals surface area contributed by atoms with E-state index in [-0.39, 0.29) is 11.8 Å². The van der Waals surface area contributed by atoms with E-state index in [0.29, 0.717) is 19.4 Å². The molecule has 1 fully saturated rings. The van der Waals surface area contributed by atoms with Crippen molar-refractivity contribution in [2.24, 2.45) is 0 Å². The highest BCUT2D eigenvalue weighted by Crippen LogP contribution is 2.27. The minimum Gasteiger partial charge on any atom is -0.330 e. The Morgan fingerprint density at radius 2 is 2.07 bits per heavy atom. The zero-order valence-electron chi connectivity index (χ0n) is 15.3. The third kappa shape index (κ3) is 3.56. The number of aromatic nitrogens is 2. The fraction of sp³-hybridized carbons (Fsp3) is 0.286. The molecule has 4 rings (SSSR count). The Bertz CT molecular complexity index is 1010. The lowest BCUT2D eigenvalue weighted by molar-refractivity contribution is -0.117. The average molecular weight is 362 g/mol. The quantitative estimate of drug-likeness (QED) is 0.755. The molecule has 0 radical (unpaired) electrons. The molecule has 0 unspecified atom stereocenters. The second-order valence-corrected chi connectivity index (χ2v) is 6.88. The highest BCUT2D eigenvalue weighted by atomic mass is 16.2. The number of hydrogen-bond donors (Lipinski definition) is 1. The van der Waals surface area contributed by atoms with Crippen molar-refractivity contribution in [3.63, 3.8) is 0 Å². The summed E-state index contributed by atoms with van der Waals surface area (Å²) in [6, 6.07) is 13.6. The van der Waals surface area contributed by atoms with E-state index in [1.807, 2.05) is 58.9 Å². The van der Waals surface area contributed by atoms with Crippen LogP contribution in [-0.4, -0.2) is 27.9 Å². The molecule has 1 aliphatic heterocycles. The number of imidazole rings is 1. The van der Waals surface area contributed by atoms with Crippen molar-refractivity contribution in [3.05, 3.63) is 54.4 Å². The van der Waals surface area contributed by atoms with Gasteiger partial charge >= 0.3 is 0 Å². The summed E-state index contributed by atoms with van der Waals surface area (Å²) in [5.41, 5.74) is 4.63. The molecule has 0 bridgehead atoms. The Balaban J connectivity index is 1.39. The van der Waals surface area contributed by atoms with Crippen molar-refractivity contribution in [3.8, 4) is 0 Å². The summed E-state index contributed by atoms with van der Waals surface area (Å²) >= 11 is 0. The molecule has 0 saturated carbocycles. The summed E-state index contributed by atoms with van der Waals surface area (Å²) in [4.78, 5) is 30.4. The van der Waals surface area contributed by atoms with Gasteiger partial charge in [-0.05, 0) is 49.2 Å². The topological polar surface area (TPSA) is 67.2 Å². The molecule has 1 saturated heterocycles. The van der Waals surface area contributed by atoms with Gasteiger partial charge in [0.2, 0.25) is 11.8 Å². The molecule has 0 atom stereocenters. The van der Waals surface area contributed by atoms with Crippen molar-refractivity contribution >= 4 is 34.2 Å². The van der Waals surface area contributed by atoms with Gasteiger partial charge in [0.05, 0.1) is 17.4 Å². The lowest BCUT2D eigenvalue weighted by Gasteiger charge is -2.19. The Morgan fingerprint density at radius 1 is 1.22 bits per heavy atom. The van der Waals surface area contributed by atoms with Crippen LogP contribution in [0.1, 0.15) is 24.8 Å². The molecular weight excluding hydrogens is 340 g/mol. The Hall–Kier alpha value is -3.15. The zero-order chi connectivity index (χ0) is 18.8. The molecule has 0 aliphatic carbocycles. The first-order valence-electron chi connectivity index (χ1n) is 9.22. The number of nitrogens with zero attached hydrogens (tertiary/aromatic N) is 3. The van der Waals surface area contributed by atoms with Crippen LogP contribution in [0.3, 0.4) is 0 Å². The first-order valence-corrected chi connectivity index (χ1v) is 9.22. The van der Waals surface area contributed by atoms with E-state index < -0.39 is 0 Å². The van der Waals surface area contributed by atoms with E-state index in [1.165, 1.54) is 0 Å². The third-order valence-electron chi connectivity index (χ3n) is 4.95. The van der Waals surface area contributed by atoms with E-state index in [0.717, 1.165) is 40.9 Å². The first kappa shape index (κ1) is 17.3. The first-order chi connectivity index (χ1) is 13.1. The monoisotopic (exact) mass is 362 g/mol. The second-order valence-electron chi connectivity index (χ2n) is 6.88. The molecule has 2 amide bonds. The van der Waals surface area contributed by atoms with Gasteiger partial charge in [0.25, 0.3) is 0 Å². The molecule has 0 spiro atoms. The highest BCUT2D eigenvalue weighted by Gasteiger charge is 2.23. The number of aryl methyl sites for hydroxylation is 2. The van der Waals surface area contributed by atoms with Crippen LogP contribution in [0.25, 0.3) is 11.0 Å². The molecular formula is C21H22N4O2. The van der Waals surface area contributed by atoms with Gasteiger partial charge in [0.15, 0.2) is 0 Å². The number of carbonyl (C=O) groups is 2.